The van der Waals surface area contributed by atoms with Crippen molar-refractivity contribution in [3.05, 3.63) is 65.9 Å². The third-order valence-electron chi connectivity index (χ3n) is 5.11. The van der Waals surface area contributed by atoms with Crippen molar-refractivity contribution in [2.75, 3.05) is 33.4 Å². The highest BCUT2D eigenvalue weighted by atomic mass is 16.7. The minimum atomic E-state index is -0.128. The number of rotatable bonds is 9. The predicted octanol–water partition coefficient (Wildman–Crippen LogP) is 3.98. The zero-order valence-electron chi connectivity index (χ0n) is 16.4. The Hall–Kier alpha value is -2.34. The monoisotopic (exact) mass is 380 g/mol. The Balaban J connectivity index is 1.38. The van der Waals surface area contributed by atoms with Gasteiger partial charge >= 0.3 is 0 Å². The van der Waals surface area contributed by atoms with Crippen molar-refractivity contribution < 1.29 is 14.2 Å². The molecule has 1 N–H and O–H groups in total. The SMILES string of the molecule is CN(CCc1c[nH]c2cccc(OCCC3OCCO3)c12)Cc1ccccc1. The molecule has 1 saturated heterocycles. The van der Waals surface area contributed by atoms with Crippen LogP contribution in [0.25, 0.3) is 10.9 Å². The van der Waals surface area contributed by atoms with Crippen molar-refractivity contribution in [1.82, 2.24) is 9.88 Å². The molecular weight excluding hydrogens is 352 g/mol. The maximum atomic E-state index is 6.09. The highest BCUT2D eigenvalue weighted by molar-refractivity contribution is 5.89. The van der Waals surface area contributed by atoms with E-state index in [1.54, 1.807) is 0 Å². The average molecular weight is 380 g/mol. The Morgan fingerprint density at radius 2 is 1.89 bits per heavy atom. The first-order valence-corrected chi connectivity index (χ1v) is 9.97. The topological polar surface area (TPSA) is 46.7 Å². The van der Waals surface area contributed by atoms with Crippen molar-refractivity contribution in [1.29, 1.82) is 0 Å². The van der Waals surface area contributed by atoms with E-state index in [1.165, 1.54) is 16.5 Å². The minimum Gasteiger partial charge on any atom is -0.493 e. The minimum absolute atomic E-state index is 0.128. The number of ether oxygens (including phenoxy) is 3. The van der Waals surface area contributed by atoms with E-state index < -0.39 is 0 Å². The van der Waals surface area contributed by atoms with Gasteiger partial charge in [0.25, 0.3) is 0 Å². The number of aromatic amines is 1. The fraction of sp³-hybridized carbons (Fsp3) is 0.391. The van der Waals surface area contributed by atoms with Gasteiger partial charge in [0.15, 0.2) is 6.29 Å². The summed E-state index contributed by atoms with van der Waals surface area (Å²) in [6.45, 7) is 3.88. The second-order valence-electron chi connectivity index (χ2n) is 7.27. The lowest BCUT2D eigenvalue weighted by atomic mass is 10.1. The summed E-state index contributed by atoms with van der Waals surface area (Å²) in [5, 5.41) is 1.18. The highest BCUT2D eigenvalue weighted by Crippen LogP contribution is 2.29. The molecule has 0 unspecified atom stereocenters. The summed E-state index contributed by atoms with van der Waals surface area (Å²) in [5.74, 6) is 0.928. The van der Waals surface area contributed by atoms with Gasteiger partial charge in [0.1, 0.15) is 5.75 Å². The molecule has 0 saturated carbocycles. The third-order valence-corrected chi connectivity index (χ3v) is 5.11. The fourth-order valence-electron chi connectivity index (χ4n) is 3.66. The number of aromatic nitrogens is 1. The van der Waals surface area contributed by atoms with Gasteiger partial charge < -0.3 is 24.1 Å². The Morgan fingerprint density at radius 1 is 1.07 bits per heavy atom. The van der Waals surface area contributed by atoms with Crippen LogP contribution in [0.3, 0.4) is 0 Å². The molecule has 5 nitrogen and oxygen atoms in total. The molecule has 0 atom stereocenters. The van der Waals surface area contributed by atoms with E-state index in [2.05, 4.69) is 59.5 Å². The average Bonchev–Trinajstić information content (AvgIpc) is 3.37. The van der Waals surface area contributed by atoms with Gasteiger partial charge in [0.2, 0.25) is 0 Å². The van der Waals surface area contributed by atoms with E-state index in [4.69, 9.17) is 14.2 Å². The van der Waals surface area contributed by atoms with E-state index in [1.807, 2.05) is 12.1 Å². The summed E-state index contributed by atoms with van der Waals surface area (Å²) < 4.78 is 17.1. The first kappa shape index (κ1) is 19.0. The summed E-state index contributed by atoms with van der Waals surface area (Å²) in [7, 11) is 2.17. The zero-order chi connectivity index (χ0) is 19.2. The quantitative estimate of drug-likeness (QED) is 0.610. The molecule has 1 aliphatic rings. The van der Waals surface area contributed by atoms with Crippen LogP contribution in [-0.2, 0) is 22.4 Å². The highest BCUT2D eigenvalue weighted by Gasteiger charge is 2.16. The number of benzene rings is 2. The van der Waals surface area contributed by atoms with E-state index in [0.717, 1.165) is 37.2 Å². The number of hydrogen-bond donors (Lipinski definition) is 1. The van der Waals surface area contributed by atoms with Crippen LogP contribution in [-0.4, -0.2) is 49.6 Å². The summed E-state index contributed by atoms with van der Waals surface area (Å²) in [4.78, 5) is 5.74. The first-order valence-electron chi connectivity index (χ1n) is 9.97. The Labute approximate surface area is 166 Å². The molecule has 0 bridgehead atoms. The normalized spacial score (nSPS) is 14.9. The Kier molecular flexibility index (Phi) is 6.27. The van der Waals surface area contributed by atoms with Crippen LogP contribution in [0.5, 0.6) is 5.75 Å². The smallest absolute Gasteiger partial charge is 0.161 e. The molecule has 2 aromatic carbocycles. The van der Waals surface area contributed by atoms with Gasteiger partial charge in [-0.05, 0) is 36.7 Å². The maximum absolute atomic E-state index is 6.09. The molecular formula is C23H28N2O3. The van der Waals surface area contributed by atoms with Crippen LogP contribution in [0.15, 0.2) is 54.7 Å². The lowest BCUT2D eigenvalue weighted by Gasteiger charge is -2.17. The van der Waals surface area contributed by atoms with Gasteiger partial charge in [-0.2, -0.15) is 0 Å². The van der Waals surface area contributed by atoms with Crippen molar-refractivity contribution >= 4 is 10.9 Å². The molecule has 4 rings (SSSR count). The van der Waals surface area contributed by atoms with E-state index >= 15 is 0 Å². The molecule has 148 valence electrons. The van der Waals surface area contributed by atoms with E-state index in [-0.39, 0.29) is 6.29 Å². The van der Waals surface area contributed by atoms with Gasteiger partial charge in [-0.25, -0.2) is 0 Å². The van der Waals surface area contributed by atoms with Gasteiger partial charge in [-0.1, -0.05) is 36.4 Å². The molecule has 0 aliphatic carbocycles. The Morgan fingerprint density at radius 3 is 2.71 bits per heavy atom. The second-order valence-corrected chi connectivity index (χ2v) is 7.27. The third kappa shape index (κ3) is 4.73. The maximum Gasteiger partial charge on any atom is 0.161 e. The van der Waals surface area contributed by atoms with Crippen LogP contribution in [0.2, 0.25) is 0 Å². The van der Waals surface area contributed by atoms with E-state index in [0.29, 0.717) is 19.8 Å². The van der Waals surface area contributed by atoms with Crippen LogP contribution >= 0.6 is 0 Å². The van der Waals surface area contributed by atoms with Crippen molar-refractivity contribution in [3.63, 3.8) is 0 Å². The molecule has 28 heavy (non-hydrogen) atoms. The molecule has 5 heteroatoms. The standard InChI is InChI=1S/C23H28N2O3/c1-25(17-18-6-3-2-4-7-18)12-10-19-16-24-20-8-5-9-21(23(19)20)26-13-11-22-27-14-15-28-22/h2-9,16,22,24H,10-15,17H2,1H3. The lowest BCUT2D eigenvalue weighted by molar-refractivity contribution is -0.0530. The summed E-state index contributed by atoms with van der Waals surface area (Å²) in [6.07, 6.45) is 3.70. The molecule has 1 aromatic heterocycles. The number of nitrogens with one attached hydrogen (secondary N) is 1. The molecule has 1 aliphatic heterocycles. The molecule has 3 aromatic rings. The number of fused-ring (bicyclic) bond motifs is 1. The van der Waals surface area contributed by atoms with Crippen molar-refractivity contribution in [3.8, 4) is 5.75 Å². The molecule has 2 heterocycles. The van der Waals surface area contributed by atoms with Gasteiger partial charge in [-0.3, -0.25) is 0 Å². The second kappa shape index (κ2) is 9.24. The van der Waals surface area contributed by atoms with Crippen molar-refractivity contribution in [2.45, 2.75) is 25.7 Å². The van der Waals surface area contributed by atoms with E-state index in [9.17, 15) is 0 Å². The van der Waals surface area contributed by atoms with Crippen molar-refractivity contribution in [2.24, 2.45) is 0 Å². The largest absolute Gasteiger partial charge is 0.493 e. The first-order chi connectivity index (χ1) is 13.8. The van der Waals surface area contributed by atoms with Crippen LogP contribution < -0.4 is 4.74 Å². The van der Waals surface area contributed by atoms with Gasteiger partial charge in [0.05, 0.1) is 19.8 Å². The molecule has 0 spiro atoms. The predicted molar refractivity (Wildman–Crippen MR) is 111 cm³/mol. The van der Waals surface area contributed by atoms with Gasteiger partial charge in [0, 0.05) is 36.6 Å². The summed E-state index contributed by atoms with van der Waals surface area (Å²) >= 11 is 0. The summed E-state index contributed by atoms with van der Waals surface area (Å²) in [5.41, 5.74) is 3.75. The number of nitrogens with zero attached hydrogens (tertiary/aromatic N) is 1. The Bertz CT molecular complexity index is 872. The van der Waals surface area contributed by atoms with Gasteiger partial charge in [-0.15, -0.1) is 0 Å². The number of hydrogen-bond acceptors (Lipinski definition) is 4. The van der Waals surface area contributed by atoms with Crippen LogP contribution in [0, 0.1) is 0 Å². The molecule has 0 amide bonds. The lowest BCUT2D eigenvalue weighted by Crippen LogP contribution is -2.20. The van der Waals surface area contributed by atoms with Crippen LogP contribution in [0.1, 0.15) is 17.5 Å². The fourth-order valence-corrected chi connectivity index (χ4v) is 3.66. The number of likely N-dealkylation sites (N-methyl/N-ethyl adjacent to an activating group) is 1. The molecule has 1 fully saturated rings. The van der Waals surface area contributed by atoms with Crippen LogP contribution in [0.4, 0.5) is 0 Å². The molecule has 0 radical (unpaired) electrons. The number of H-pyrrole nitrogens is 1. The zero-order valence-corrected chi connectivity index (χ0v) is 16.4. The summed E-state index contributed by atoms with van der Waals surface area (Å²) in [6, 6.07) is 16.8.